The summed E-state index contributed by atoms with van der Waals surface area (Å²) in [5.41, 5.74) is 9.21. The number of Topliss-reactive ketones (excluding diaryl/α,β-unsaturated/α-hetero) is 1. The second-order valence-corrected chi connectivity index (χ2v) is 16.3. The predicted molar refractivity (Wildman–Crippen MR) is 205 cm³/mol. The van der Waals surface area contributed by atoms with Crippen LogP contribution >= 0.6 is 7.52 Å². The molecule has 0 amide bonds. The van der Waals surface area contributed by atoms with Gasteiger partial charge in [-0.25, -0.2) is 20.0 Å². The summed E-state index contributed by atoms with van der Waals surface area (Å²) in [6.45, 7) is 7.97. The number of aromatic nitrogens is 4. The van der Waals surface area contributed by atoms with E-state index in [9.17, 15) is 14.2 Å². The summed E-state index contributed by atoms with van der Waals surface area (Å²) < 4.78 is 33.6. The maximum Gasteiger partial charge on any atom is 0.342 e. The van der Waals surface area contributed by atoms with Crippen LogP contribution in [0.3, 0.4) is 0 Å². The zero-order valence-electron chi connectivity index (χ0n) is 31.3. The van der Waals surface area contributed by atoms with Gasteiger partial charge in [0.25, 0.3) is 0 Å². The van der Waals surface area contributed by atoms with Crippen molar-refractivity contribution in [3.63, 3.8) is 0 Å². The summed E-state index contributed by atoms with van der Waals surface area (Å²) >= 11 is 0. The van der Waals surface area contributed by atoms with Crippen molar-refractivity contribution in [2.24, 2.45) is 5.92 Å². The number of fused-ring (bicyclic) bond motifs is 1. The van der Waals surface area contributed by atoms with Gasteiger partial charge in [-0.1, -0.05) is 68.1 Å². The molecule has 1 aliphatic rings. The number of nitrogens with zero attached hydrogens (tertiary/aromatic N) is 4. The molecule has 1 saturated carbocycles. The topological polar surface area (TPSA) is 173 Å². The fraction of sp³-hybridized carbons (Fsp3) is 0.513. The number of benzene rings is 2. The Balaban J connectivity index is 1.24. The second kappa shape index (κ2) is 19.3. The number of nitrogens with two attached hydrogens (primary N) is 1. The molecule has 1 aliphatic carbocycles. The molecule has 0 bridgehead atoms. The van der Waals surface area contributed by atoms with E-state index in [1.807, 2.05) is 37.3 Å². The van der Waals surface area contributed by atoms with Crippen LogP contribution in [0.5, 0.6) is 5.75 Å². The summed E-state index contributed by atoms with van der Waals surface area (Å²) in [6, 6.07) is 16.4. The maximum atomic E-state index is 14.3. The minimum atomic E-state index is -3.82. The van der Waals surface area contributed by atoms with Crippen LogP contribution in [0.25, 0.3) is 11.2 Å². The molecule has 53 heavy (non-hydrogen) atoms. The number of carbonyl (C=O) groups excluding carboxylic acids is 2. The van der Waals surface area contributed by atoms with Crippen molar-refractivity contribution < 1.29 is 28.2 Å². The summed E-state index contributed by atoms with van der Waals surface area (Å²) in [6.07, 6.45) is 9.49. The minimum Gasteiger partial charge on any atom is -0.462 e. The third-order valence-corrected chi connectivity index (χ3v) is 11.1. The zero-order valence-corrected chi connectivity index (χ0v) is 32.2. The van der Waals surface area contributed by atoms with Gasteiger partial charge in [-0.15, -0.1) is 0 Å². The van der Waals surface area contributed by atoms with E-state index in [-0.39, 0.29) is 30.1 Å². The molecule has 1 fully saturated rings. The third-order valence-electron chi connectivity index (χ3n) is 9.35. The first-order valence-corrected chi connectivity index (χ1v) is 20.5. The minimum absolute atomic E-state index is 0.249. The van der Waals surface area contributed by atoms with Gasteiger partial charge in [0.05, 0.1) is 31.1 Å². The molecule has 4 aromatic rings. The van der Waals surface area contributed by atoms with Crippen molar-refractivity contribution in [1.29, 1.82) is 0 Å². The van der Waals surface area contributed by atoms with E-state index in [4.69, 9.17) is 19.7 Å². The molecule has 2 aromatic heterocycles. The van der Waals surface area contributed by atoms with Crippen molar-refractivity contribution in [2.45, 2.75) is 110 Å². The standard InChI is InChI=1S/C39H54N7O6P/c1-27(2)51-39(48)29(4)45-53(49,26-50-28(3)23-46-25-44-36-37(40)42-24-43-38(36)46)52-33-18-16-32(17-19-33)21-34(35(47)22-31-13-8-9-14-31)41-20-10-15-30-11-6-5-7-12-30/h5-7,11-12,16-19,24-25,27-29,31,34,41H,8-10,13-15,20-23,26H2,1-4H3,(H,45,49)(H2,40,42,43)/t28-,29+,34+,53-/m1/s1. The number of imidazole rings is 1. The van der Waals surface area contributed by atoms with Gasteiger partial charge < -0.3 is 29.6 Å². The highest BCUT2D eigenvalue weighted by Crippen LogP contribution is 2.44. The number of nitrogen functional groups attached to an aromatic ring is 1. The number of aryl methyl sites for hydroxylation is 1. The lowest BCUT2D eigenvalue weighted by molar-refractivity contribution is -0.149. The van der Waals surface area contributed by atoms with E-state index in [2.05, 4.69) is 37.5 Å². The summed E-state index contributed by atoms with van der Waals surface area (Å²) in [4.78, 5) is 38.8. The van der Waals surface area contributed by atoms with E-state index in [0.29, 0.717) is 42.2 Å². The van der Waals surface area contributed by atoms with Gasteiger partial charge in [0.15, 0.2) is 11.5 Å². The van der Waals surface area contributed by atoms with Crippen LogP contribution in [-0.2, 0) is 43.0 Å². The number of hydrogen-bond donors (Lipinski definition) is 3. The van der Waals surface area contributed by atoms with Gasteiger partial charge >= 0.3 is 13.5 Å². The maximum absolute atomic E-state index is 14.3. The summed E-state index contributed by atoms with van der Waals surface area (Å²) in [5.74, 6) is 0.769. The monoisotopic (exact) mass is 747 g/mol. The normalized spacial score (nSPS) is 16.3. The largest absolute Gasteiger partial charge is 0.462 e. The van der Waals surface area contributed by atoms with E-state index in [1.54, 1.807) is 43.8 Å². The first kappa shape index (κ1) is 40.0. The van der Waals surface area contributed by atoms with Crippen LogP contribution in [0.1, 0.15) is 77.3 Å². The SMILES string of the molecule is CC(C)OC(=O)[C@H](C)N[P@@](=O)(CO[C@H](C)Cn1cnc2c(N)ncnc21)Oc1ccc(C[C@H](NCCCc2ccccc2)C(=O)CC2CCCC2)cc1. The van der Waals surface area contributed by atoms with Gasteiger partial charge in [0.2, 0.25) is 0 Å². The molecule has 0 unspecified atom stereocenters. The molecule has 2 aromatic carbocycles. The Morgan fingerprint density at radius 1 is 0.981 bits per heavy atom. The molecule has 0 saturated heterocycles. The van der Waals surface area contributed by atoms with E-state index in [1.165, 1.54) is 24.7 Å². The molecule has 286 valence electrons. The molecular formula is C39H54N7O6P. The highest BCUT2D eigenvalue weighted by atomic mass is 31.2. The summed E-state index contributed by atoms with van der Waals surface area (Å²) in [7, 11) is -3.82. The Kier molecular flexibility index (Phi) is 14.5. The molecular weight excluding hydrogens is 693 g/mol. The number of carbonyl (C=O) groups is 2. The number of ether oxygens (including phenoxy) is 2. The lowest BCUT2D eigenvalue weighted by Crippen LogP contribution is -2.40. The van der Waals surface area contributed by atoms with Gasteiger partial charge in [-0.05, 0) is 82.7 Å². The number of rotatable bonds is 21. The molecule has 5 rings (SSSR count). The molecule has 0 aliphatic heterocycles. The number of nitrogens with one attached hydrogen (secondary N) is 2. The van der Waals surface area contributed by atoms with Crippen LogP contribution in [0.4, 0.5) is 5.82 Å². The molecule has 4 N–H and O–H groups in total. The van der Waals surface area contributed by atoms with Crippen molar-refractivity contribution in [2.75, 3.05) is 18.6 Å². The molecule has 4 atom stereocenters. The van der Waals surface area contributed by atoms with Crippen molar-refractivity contribution >= 4 is 36.3 Å². The quantitative estimate of drug-likeness (QED) is 0.0497. The Hall–Kier alpha value is -4.16. The Labute approximate surface area is 312 Å². The Morgan fingerprint density at radius 3 is 2.43 bits per heavy atom. The van der Waals surface area contributed by atoms with Crippen molar-refractivity contribution in [1.82, 2.24) is 29.9 Å². The number of hydrogen-bond acceptors (Lipinski definition) is 11. The summed E-state index contributed by atoms with van der Waals surface area (Å²) in [5, 5.41) is 6.41. The average Bonchev–Trinajstić information content (AvgIpc) is 3.80. The molecule has 0 spiro atoms. The van der Waals surface area contributed by atoms with Crippen molar-refractivity contribution in [3.8, 4) is 5.75 Å². The number of ketones is 1. The molecule has 0 radical (unpaired) electrons. The molecule has 13 nitrogen and oxygen atoms in total. The zero-order chi connectivity index (χ0) is 37.8. The Bertz CT molecular complexity index is 1810. The van der Waals surface area contributed by atoms with E-state index < -0.39 is 25.6 Å². The van der Waals surface area contributed by atoms with Crippen LogP contribution in [0.15, 0.2) is 67.3 Å². The number of anilines is 1. The second-order valence-electron chi connectivity index (χ2n) is 14.3. The predicted octanol–water partition coefficient (Wildman–Crippen LogP) is 6.26. The van der Waals surface area contributed by atoms with Gasteiger partial charge in [0, 0.05) is 6.42 Å². The van der Waals surface area contributed by atoms with Crippen LogP contribution in [0, 0.1) is 5.92 Å². The van der Waals surface area contributed by atoms with Crippen LogP contribution in [-0.4, -0.2) is 68.5 Å². The van der Waals surface area contributed by atoms with Crippen LogP contribution < -0.4 is 20.7 Å². The van der Waals surface area contributed by atoms with Gasteiger partial charge in [0.1, 0.15) is 35.8 Å². The van der Waals surface area contributed by atoms with E-state index >= 15 is 0 Å². The first-order valence-electron chi connectivity index (χ1n) is 18.7. The third kappa shape index (κ3) is 12.2. The Morgan fingerprint density at radius 2 is 1.72 bits per heavy atom. The molecule has 14 heteroatoms. The van der Waals surface area contributed by atoms with E-state index in [0.717, 1.165) is 37.8 Å². The lowest BCUT2D eigenvalue weighted by Gasteiger charge is -2.25. The first-order chi connectivity index (χ1) is 25.5. The fourth-order valence-electron chi connectivity index (χ4n) is 6.61. The lowest BCUT2D eigenvalue weighted by atomic mass is 9.93. The highest BCUT2D eigenvalue weighted by molar-refractivity contribution is 7.57. The molecule has 2 heterocycles. The van der Waals surface area contributed by atoms with Crippen molar-refractivity contribution in [3.05, 3.63) is 78.4 Å². The average molecular weight is 748 g/mol. The highest BCUT2D eigenvalue weighted by Gasteiger charge is 2.32. The van der Waals surface area contributed by atoms with Gasteiger partial charge in [-0.2, -0.15) is 0 Å². The van der Waals surface area contributed by atoms with Crippen LogP contribution in [0.2, 0.25) is 0 Å². The smallest absolute Gasteiger partial charge is 0.342 e. The fourth-order valence-corrected chi connectivity index (χ4v) is 8.39. The van der Waals surface area contributed by atoms with Gasteiger partial charge in [-0.3, -0.25) is 14.2 Å². The number of esters is 1.